The van der Waals surface area contributed by atoms with Crippen LogP contribution in [0.25, 0.3) is 0 Å². The second-order valence-corrected chi connectivity index (χ2v) is 9.58. The van der Waals surface area contributed by atoms with Crippen molar-refractivity contribution in [2.45, 2.75) is 38.1 Å². The number of rotatable bonds is 3. The Labute approximate surface area is 167 Å². The topological polar surface area (TPSA) is 37.4 Å². The zero-order valence-electron chi connectivity index (χ0n) is 16.5. The molecule has 0 fully saturated rings. The van der Waals surface area contributed by atoms with Gasteiger partial charge in [-0.1, -0.05) is 71.3 Å². The highest BCUT2D eigenvalue weighted by Crippen LogP contribution is 2.39. The maximum Gasteiger partial charge on any atom is 0.243 e. The quantitative estimate of drug-likeness (QED) is 0.634. The summed E-state index contributed by atoms with van der Waals surface area (Å²) in [7, 11) is -3.61. The van der Waals surface area contributed by atoms with Crippen molar-refractivity contribution in [1.82, 2.24) is 4.31 Å². The largest absolute Gasteiger partial charge is 0.243 e. The number of nitrogens with zero attached hydrogens (tertiary/aromatic N) is 1. The average Bonchev–Trinajstić information content (AvgIpc) is 2.68. The Morgan fingerprint density at radius 1 is 0.786 bits per heavy atom. The zero-order valence-corrected chi connectivity index (χ0v) is 17.3. The van der Waals surface area contributed by atoms with E-state index in [0.717, 1.165) is 28.7 Å². The van der Waals surface area contributed by atoms with Gasteiger partial charge >= 0.3 is 0 Å². The number of sulfonamides is 1. The molecule has 1 heterocycles. The SMILES string of the molecule is Cc1ccc(C2c3ccc(C)cc3CCN2S(=O)(=O)c2ccc(C)cc2)cc1. The molecule has 1 unspecified atom stereocenters. The van der Waals surface area contributed by atoms with E-state index in [0.29, 0.717) is 11.4 Å². The summed E-state index contributed by atoms with van der Waals surface area (Å²) >= 11 is 0. The first-order chi connectivity index (χ1) is 13.4. The molecule has 0 saturated carbocycles. The second-order valence-electron chi connectivity index (χ2n) is 7.69. The molecular weight excluding hydrogens is 366 g/mol. The summed E-state index contributed by atoms with van der Waals surface area (Å²) in [5.41, 5.74) is 6.74. The van der Waals surface area contributed by atoms with Crippen LogP contribution in [0.1, 0.15) is 39.4 Å². The molecule has 3 nitrogen and oxygen atoms in total. The van der Waals surface area contributed by atoms with Gasteiger partial charge in [-0.2, -0.15) is 4.31 Å². The highest BCUT2D eigenvalue weighted by molar-refractivity contribution is 7.89. The van der Waals surface area contributed by atoms with Gasteiger partial charge in [0, 0.05) is 6.54 Å². The summed E-state index contributed by atoms with van der Waals surface area (Å²) in [6.45, 7) is 6.57. The maximum absolute atomic E-state index is 13.6. The van der Waals surface area contributed by atoms with E-state index in [-0.39, 0.29) is 6.04 Å². The van der Waals surface area contributed by atoms with E-state index in [9.17, 15) is 8.42 Å². The van der Waals surface area contributed by atoms with Crippen molar-refractivity contribution in [2.75, 3.05) is 6.54 Å². The van der Waals surface area contributed by atoms with E-state index in [4.69, 9.17) is 0 Å². The van der Waals surface area contributed by atoms with Crippen LogP contribution in [-0.2, 0) is 16.4 Å². The van der Waals surface area contributed by atoms with Crippen LogP contribution in [0.4, 0.5) is 0 Å². The minimum atomic E-state index is -3.61. The highest BCUT2D eigenvalue weighted by atomic mass is 32.2. The van der Waals surface area contributed by atoms with Crippen LogP contribution in [-0.4, -0.2) is 19.3 Å². The molecule has 0 amide bonds. The molecule has 144 valence electrons. The van der Waals surface area contributed by atoms with E-state index in [1.807, 2.05) is 38.1 Å². The van der Waals surface area contributed by atoms with Crippen LogP contribution in [0.2, 0.25) is 0 Å². The fourth-order valence-electron chi connectivity index (χ4n) is 3.93. The van der Waals surface area contributed by atoms with Crippen LogP contribution < -0.4 is 0 Å². The smallest absolute Gasteiger partial charge is 0.207 e. The number of fused-ring (bicyclic) bond motifs is 1. The van der Waals surface area contributed by atoms with Crippen LogP contribution >= 0.6 is 0 Å². The van der Waals surface area contributed by atoms with Crippen molar-refractivity contribution in [3.05, 3.63) is 100 Å². The lowest BCUT2D eigenvalue weighted by Crippen LogP contribution is -2.40. The molecule has 0 radical (unpaired) electrons. The molecule has 1 aliphatic heterocycles. The third kappa shape index (κ3) is 3.38. The molecule has 1 aliphatic rings. The first-order valence-electron chi connectivity index (χ1n) is 9.61. The fraction of sp³-hybridized carbons (Fsp3) is 0.250. The fourth-order valence-corrected chi connectivity index (χ4v) is 5.53. The summed E-state index contributed by atoms with van der Waals surface area (Å²) in [4.78, 5) is 0.353. The second kappa shape index (κ2) is 7.19. The van der Waals surface area contributed by atoms with Gasteiger partial charge in [0.2, 0.25) is 10.0 Å². The molecule has 3 aromatic carbocycles. The van der Waals surface area contributed by atoms with E-state index in [2.05, 4.69) is 37.3 Å². The molecule has 4 heteroatoms. The highest BCUT2D eigenvalue weighted by Gasteiger charge is 2.37. The Balaban J connectivity index is 1.87. The lowest BCUT2D eigenvalue weighted by atomic mass is 9.88. The van der Waals surface area contributed by atoms with Crippen LogP contribution in [0.5, 0.6) is 0 Å². The van der Waals surface area contributed by atoms with Crippen LogP contribution in [0.15, 0.2) is 71.6 Å². The molecule has 1 atom stereocenters. The summed E-state index contributed by atoms with van der Waals surface area (Å²) in [6.07, 6.45) is 0.727. The van der Waals surface area contributed by atoms with Gasteiger partial charge in [0.1, 0.15) is 0 Å². The molecule has 4 rings (SSSR count). The molecule has 0 spiro atoms. The Morgan fingerprint density at radius 3 is 2.00 bits per heavy atom. The molecule has 0 aromatic heterocycles. The van der Waals surface area contributed by atoms with Gasteiger partial charge in [-0.05, 0) is 56.0 Å². The summed E-state index contributed by atoms with van der Waals surface area (Å²) in [6, 6.07) is 21.4. The van der Waals surface area contributed by atoms with E-state index < -0.39 is 10.0 Å². The standard InChI is InChI=1S/C24H25NO2S/c1-17-4-9-20(10-5-17)24-23-13-8-19(3)16-21(23)14-15-25(24)28(26,27)22-11-6-18(2)7-12-22/h4-13,16,24H,14-15H2,1-3H3. The Kier molecular flexibility index (Phi) is 4.86. The predicted octanol–water partition coefficient (Wildman–Crippen LogP) is 4.95. The van der Waals surface area contributed by atoms with Gasteiger partial charge in [-0.25, -0.2) is 8.42 Å². The molecule has 0 saturated heterocycles. The van der Waals surface area contributed by atoms with Crippen LogP contribution in [0.3, 0.4) is 0 Å². The predicted molar refractivity (Wildman–Crippen MR) is 113 cm³/mol. The van der Waals surface area contributed by atoms with Crippen molar-refractivity contribution >= 4 is 10.0 Å². The van der Waals surface area contributed by atoms with Gasteiger partial charge in [0.05, 0.1) is 10.9 Å². The minimum Gasteiger partial charge on any atom is -0.207 e. The lowest BCUT2D eigenvalue weighted by Gasteiger charge is -2.37. The van der Waals surface area contributed by atoms with E-state index in [1.165, 1.54) is 11.1 Å². The molecular formula is C24H25NO2S. The number of hydrogen-bond acceptors (Lipinski definition) is 2. The third-order valence-corrected chi connectivity index (χ3v) is 7.38. The summed E-state index contributed by atoms with van der Waals surface area (Å²) in [5.74, 6) is 0. The average molecular weight is 392 g/mol. The number of benzene rings is 3. The minimum absolute atomic E-state index is 0.309. The Hall–Kier alpha value is -2.43. The maximum atomic E-state index is 13.6. The molecule has 3 aromatic rings. The van der Waals surface area contributed by atoms with E-state index >= 15 is 0 Å². The van der Waals surface area contributed by atoms with Crippen molar-refractivity contribution < 1.29 is 8.42 Å². The van der Waals surface area contributed by atoms with Gasteiger partial charge in [0.25, 0.3) is 0 Å². The van der Waals surface area contributed by atoms with Crippen molar-refractivity contribution in [3.8, 4) is 0 Å². The number of hydrogen-bond donors (Lipinski definition) is 0. The van der Waals surface area contributed by atoms with Crippen LogP contribution in [0, 0.1) is 20.8 Å². The molecule has 28 heavy (non-hydrogen) atoms. The van der Waals surface area contributed by atoms with Gasteiger partial charge in [-0.15, -0.1) is 0 Å². The monoisotopic (exact) mass is 391 g/mol. The van der Waals surface area contributed by atoms with E-state index in [1.54, 1.807) is 16.4 Å². The molecule has 0 N–H and O–H groups in total. The lowest BCUT2D eigenvalue weighted by molar-refractivity contribution is 0.344. The number of aryl methyl sites for hydroxylation is 3. The van der Waals surface area contributed by atoms with Crippen molar-refractivity contribution in [2.24, 2.45) is 0 Å². The Morgan fingerprint density at radius 2 is 1.36 bits per heavy atom. The first-order valence-corrected chi connectivity index (χ1v) is 11.0. The van der Waals surface area contributed by atoms with Crippen molar-refractivity contribution in [1.29, 1.82) is 0 Å². The Bertz CT molecular complexity index is 1100. The molecule has 0 bridgehead atoms. The van der Waals surface area contributed by atoms with Gasteiger partial charge < -0.3 is 0 Å². The third-order valence-electron chi connectivity index (χ3n) is 5.50. The summed E-state index contributed by atoms with van der Waals surface area (Å²) < 4.78 is 28.8. The summed E-state index contributed by atoms with van der Waals surface area (Å²) in [5, 5.41) is 0. The van der Waals surface area contributed by atoms with Crippen molar-refractivity contribution in [3.63, 3.8) is 0 Å². The van der Waals surface area contributed by atoms with Gasteiger partial charge in [0.15, 0.2) is 0 Å². The zero-order chi connectivity index (χ0) is 19.9. The molecule has 0 aliphatic carbocycles. The first kappa shape index (κ1) is 18.9. The normalized spacial score (nSPS) is 17.3. The van der Waals surface area contributed by atoms with Gasteiger partial charge in [-0.3, -0.25) is 0 Å².